The Bertz CT molecular complexity index is 595. The zero-order valence-corrected chi connectivity index (χ0v) is 12.2. The summed E-state index contributed by atoms with van der Waals surface area (Å²) >= 11 is 2.81. The van der Waals surface area contributed by atoms with Crippen molar-refractivity contribution in [2.75, 3.05) is 11.1 Å². The second-order valence-electron chi connectivity index (χ2n) is 3.93. The maximum absolute atomic E-state index is 11.8. The lowest BCUT2D eigenvalue weighted by atomic mass is 10.3. The van der Waals surface area contributed by atoms with Crippen LogP contribution in [-0.4, -0.2) is 22.7 Å². The number of hydrogen-bond donors (Lipinski definition) is 2. The van der Waals surface area contributed by atoms with Crippen LogP contribution in [0.2, 0.25) is 0 Å². The fourth-order valence-electron chi connectivity index (χ4n) is 1.54. The molecule has 0 unspecified atom stereocenters. The second-order valence-corrected chi connectivity index (χ2v) is 6.01. The van der Waals surface area contributed by atoms with Gasteiger partial charge >= 0.3 is 5.97 Å². The largest absolute Gasteiger partial charge is 0.478 e. The summed E-state index contributed by atoms with van der Waals surface area (Å²) in [7, 11) is 0. The molecule has 2 rings (SSSR count). The van der Waals surface area contributed by atoms with Crippen molar-refractivity contribution in [3.8, 4) is 0 Å². The van der Waals surface area contributed by atoms with Gasteiger partial charge in [0.15, 0.2) is 0 Å². The number of aromatic carboxylic acids is 1. The summed E-state index contributed by atoms with van der Waals surface area (Å²) in [6.45, 7) is 0. The Balaban J connectivity index is 1.81. The minimum Gasteiger partial charge on any atom is -0.478 e. The molecule has 0 bridgehead atoms. The fourth-order valence-corrected chi connectivity index (χ4v) is 3.21. The van der Waals surface area contributed by atoms with E-state index in [-0.39, 0.29) is 11.5 Å². The van der Waals surface area contributed by atoms with Crippen molar-refractivity contribution in [1.82, 2.24) is 0 Å². The van der Waals surface area contributed by atoms with Gasteiger partial charge in [0, 0.05) is 17.1 Å². The predicted octanol–water partition coefficient (Wildman–Crippen LogP) is 3.57. The minimum atomic E-state index is -1.03. The molecular weight excluding hydrogens is 294 g/mol. The smallest absolute Gasteiger partial charge is 0.338 e. The number of benzene rings is 1. The van der Waals surface area contributed by atoms with Gasteiger partial charge in [0.1, 0.15) is 5.00 Å². The van der Waals surface area contributed by atoms with Crippen LogP contribution in [0.1, 0.15) is 16.8 Å². The van der Waals surface area contributed by atoms with Gasteiger partial charge in [0.2, 0.25) is 5.91 Å². The number of nitrogens with one attached hydrogen (secondary N) is 1. The van der Waals surface area contributed by atoms with E-state index in [1.807, 2.05) is 30.3 Å². The molecule has 1 heterocycles. The van der Waals surface area contributed by atoms with Crippen molar-refractivity contribution in [2.24, 2.45) is 0 Å². The van der Waals surface area contributed by atoms with E-state index in [0.29, 0.717) is 17.2 Å². The highest BCUT2D eigenvalue weighted by atomic mass is 32.2. The Hall–Kier alpha value is -1.79. The summed E-state index contributed by atoms with van der Waals surface area (Å²) in [5.41, 5.74) is 0.138. The quantitative estimate of drug-likeness (QED) is 0.801. The number of thiophene rings is 1. The summed E-state index contributed by atoms with van der Waals surface area (Å²) in [4.78, 5) is 23.8. The summed E-state index contributed by atoms with van der Waals surface area (Å²) in [5.74, 6) is -0.539. The monoisotopic (exact) mass is 307 g/mol. The molecule has 2 aromatic rings. The molecule has 0 aliphatic heterocycles. The minimum absolute atomic E-state index is 0.138. The first-order chi connectivity index (χ1) is 9.66. The maximum Gasteiger partial charge on any atom is 0.338 e. The summed E-state index contributed by atoms with van der Waals surface area (Å²) in [6, 6.07) is 11.3. The molecule has 20 heavy (non-hydrogen) atoms. The fraction of sp³-hybridized carbons (Fsp3) is 0.143. The molecule has 0 atom stereocenters. The van der Waals surface area contributed by atoms with Crippen LogP contribution in [0.4, 0.5) is 5.00 Å². The zero-order valence-electron chi connectivity index (χ0n) is 10.5. The number of carboxylic acids is 1. The number of carbonyl (C=O) groups excluding carboxylic acids is 1. The van der Waals surface area contributed by atoms with Gasteiger partial charge in [-0.15, -0.1) is 23.1 Å². The van der Waals surface area contributed by atoms with Crippen LogP contribution in [-0.2, 0) is 4.79 Å². The van der Waals surface area contributed by atoms with E-state index in [4.69, 9.17) is 5.11 Å². The summed E-state index contributed by atoms with van der Waals surface area (Å²) in [5, 5.41) is 13.6. The highest BCUT2D eigenvalue weighted by molar-refractivity contribution is 7.99. The molecular formula is C14H13NO3S2. The van der Waals surface area contributed by atoms with E-state index in [1.165, 1.54) is 17.4 Å². The van der Waals surface area contributed by atoms with Crippen LogP contribution in [0.25, 0.3) is 0 Å². The highest BCUT2D eigenvalue weighted by Gasteiger charge is 2.13. The van der Waals surface area contributed by atoms with Crippen molar-refractivity contribution in [3.05, 3.63) is 47.3 Å². The van der Waals surface area contributed by atoms with Crippen molar-refractivity contribution >= 4 is 40.0 Å². The molecule has 0 radical (unpaired) electrons. The van der Waals surface area contributed by atoms with Gasteiger partial charge in [0.25, 0.3) is 0 Å². The first-order valence-electron chi connectivity index (χ1n) is 5.95. The molecule has 2 N–H and O–H groups in total. The Labute approximate surface area is 124 Å². The van der Waals surface area contributed by atoms with Crippen LogP contribution in [0.15, 0.2) is 46.7 Å². The number of anilines is 1. The van der Waals surface area contributed by atoms with E-state index in [2.05, 4.69) is 5.32 Å². The van der Waals surface area contributed by atoms with E-state index in [9.17, 15) is 9.59 Å². The lowest BCUT2D eigenvalue weighted by molar-refractivity contribution is -0.115. The first kappa shape index (κ1) is 14.6. The van der Waals surface area contributed by atoms with Gasteiger partial charge in [-0.2, -0.15) is 0 Å². The molecule has 4 nitrogen and oxygen atoms in total. The van der Waals surface area contributed by atoms with Crippen molar-refractivity contribution in [3.63, 3.8) is 0 Å². The van der Waals surface area contributed by atoms with Crippen LogP contribution in [0, 0.1) is 0 Å². The van der Waals surface area contributed by atoms with Crippen LogP contribution < -0.4 is 5.32 Å². The molecule has 0 spiro atoms. The second kappa shape index (κ2) is 7.12. The van der Waals surface area contributed by atoms with Gasteiger partial charge in [0.05, 0.1) is 5.56 Å². The zero-order chi connectivity index (χ0) is 14.4. The third-order valence-electron chi connectivity index (χ3n) is 2.49. The number of thioether (sulfide) groups is 1. The summed E-state index contributed by atoms with van der Waals surface area (Å²) < 4.78 is 0. The van der Waals surface area contributed by atoms with Crippen LogP contribution >= 0.6 is 23.1 Å². The Morgan fingerprint density at radius 3 is 2.65 bits per heavy atom. The number of carboxylic acid groups (broad SMARTS) is 1. The summed E-state index contributed by atoms with van der Waals surface area (Å²) in [6.07, 6.45) is 0.344. The van der Waals surface area contributed by atoms with Gasteiger partial charge in [-0.3, -0.25) is 4.79 Å². The predicted molar refractivity (Wildman–Crippen MR) is 81.7 cm³/mol. The third-order valence-corrected chi connectivity index (χ3v) is 4.33. The molecule has 1 aromatic carbocycles. The SMILES string of the molecule is O=C(CCSc1ccccc1)Nc1sccc1C(=O)O. The van der Waals surface area contributed by atoms with Crippen LogP contribution in [0.3, 0.4) is 0 Å². The molecule has 0 saturated carbocycles. The van der Waals surface area contributed by atoms with Crippen molar-refractivity contribution in [2.45, 2.75) is 11.3 Å². The van der Waals surface area contributed by atoms with Gasteiger partial charge < -0.3 is 10.4 Å². The Kier molecular flexibility index (Phi) is 5.20. The molecule has 0 fully saturated rings. The number of carbonyl (C=O) groups is 2. The standard InChI is InChI=1S/C14H13NO3S2/c16-12(7-9-19-10-4-2-1-3-5-10)15-13-11(14(17)18)6-8-20-13/h1-6,8H,7,9H2,(H,15,16)(H,17,18). The topological polar surface area (TPSA) is 66.4 Å². The number of amides is 1. The molecule has 1 amide bonds. The molecule has 6 heteroatoms. The molecule has 1 aromatic heterocycles. The van der Waals surface area contributed by atoms with Gasteiger partial charge in [-0.1, -0.05) is 18.2 Å². The average Bonchev–Trinajstić information content (AvgIpc) is 2.88. The van der Waals surface area contributed by atoms with Crippen LogP contribution in [0.5, 0.6) is 0 Å². The Morgan fingerprint density at radius 1 is 1.20 bits per heavy atom. The molecule has 104 valence electrons. The van der Waals surface area contributed by atoms with E-state index < -0.39 is 5.97 Å². The molecule has 0 aliphatic rings. The van der Waals surface area contributed by atoms with E-state index >= 15 is 0 Å². The van der Waals surface area contributed by atoms with E-state index in [1.54, 1.807) is 17.1 Å². The number of hydrogen-bond acceptors (Lipinski definition) is 4. The van der Waals surface area contributed by atoms with Crippen molar-refractivity contribution < 1.29 is 14.7 Å². The lowest BCUT2D eigenvalue weighted by Gasteiger charge is -2.04. The maximum atomic E-state index is 11.8. The van der Waals surface area contributed by atoms with Gasteiger partial charge in [-0.05, 0) is 23.6 Å². The average molecular weight is 307 g/mol. The lowest BCUT2D eigenvalue weighted by Crippen LogP contribution is -2.13. The highest BCUT2D eigenvalue weighted by Crippen LogP contribution is 2.24. The number of rotatable bonds is 6. The molecule has 0 saturated heterocycles. The first-order valence-corrected chi connectivity index (χ1v) is 7.82. The third kappa shape index (κ3) is 4.11. The molecule has 0 aliphatic carbocycles. The Morgan fingerprint density at radius 2 is 1.95 bits per heavy atom. The van der Waals surface area contributed by atoms with Gasteiger partial charge in [-0.25, -0.2) is 4.79 Å². The van der Waals surface area contributed by atoms with E-state index in [0.717, 1.165) is 4.90 Å². The normalized spacial score (nSPS) is 10.2. The van der Waals surface area contributed by atoms with Crippen molar-refractivity contribution in [1.29, 1.82) is 0 Å².